The molecule has 0 spiro atoms. The summed E-state index contributed by atoms with van der Waals surface area (Å²) in [4.78, 5) is 0. The van der Waals surface area contributed by atoms with Gasteiger partial charge in [-0.05, 0) is 25.0 Å². The van der Waals surface area contributed by atoms with Gasteiger partial charge in [-0.3, -0.25) is 0 Å². The van der Waals surface area contributed by atoms with Gasteiger partial charge in [0.15, 0.2) is 0 Å². The molecule has 1 aromatic rings. The van der Waals surface area contributed by atoms with Crippen LogP contribution in [0.25, 0.3) is 0 Å². The highest BCUT2D eigenvalue weighted by Crippen LogP contribution is 2.42. The lowest BCUT2D eigenvalue weighted by Gasteiger charge is -2.42. The van der Waals surface area contributed by atoms with E-state index in [0.29, 0.717) is 12.8 Å². The van der Waals surface area contributed by atoms with E-state index in [1.54, 1.807) is 6.92 Å². The van der Waals surface area contributed by atoms with E-state index in [4.69, 9.17) is 4.74 Å². The lowest BCUT2D eigenvalue weighted by molar-refractivity contribution is -0.0688. The van der Waals surface area contributed by atoms with E-state index in [0.717, 1.165) is 11.3 Å². The van der Waals surface area contributed by atoms with Crippen molar-refractivity contribution in [2.24, 2.45) is 5.41 Å². The van der Waals surface area contributed by atoms with Crippen LogP contribution in [-0.2, 0) is 6.42 Å². The van der Waals surface area contributed by atoms with Gasteiger partial charge in [0.25, 0.3) is 0 Å². The molecule has 0 aromatic heterocycles. The van der Waals surface area contributed by atoms with Gasteiger partial charge in [-0.25, -0.2) is 0 Å². The highest BCUT2D eigenvalue weighted by Gasteiger charge is 2.49. The van der Waals surface area contributed by atoms with Gasteiger partial charge in [0.2, 0.25) is 0 Å². The Morgan fingerprint density at radius 3 is 2.88 bits per heavy atom. The number of ether oxygens (including phenoxy) is 1. The molecule has 0 radical (unpaired) electrons. The molecule has 90 valence electrons. The molecule has 1 heterocycles. The van der Waals surface area contributed by atoms with Crippen molar-refractivity contribution in [2.45, 2.75) is 32.3 Å². The Morgan fingerprint density at radius 1 is 1.53 bits per heavy atom. The third-order valence-electron chi connectivity index (χ3n) is 3.87. The summed E-state index contributed by atoms with van der Waals surface area (Å²) in [5, 5.41) is 19.9. The maximum atomic E-state index is 10.4. The van der Waals surface area contributed by atoms with E-state index >= 15 is 0 Å². The summed E-state index contributed by atoms with van der Waals surface area (Å²) >= 11 is 0. The Hall–Kier alpha value is -1.53. The number of nitrogens with zero attached hydrogens (tertiary/aromatic N) is 1. The summed E-state index contributed by atoms with van der Waals surface area (Å²) in [7, 11) is 0. The van der Waals surface area contributed by atoms with Crippen molar-refractivity contribution in [3.63, 3.8) is 0 Å². The summed E-state index contributed by atoms with van der Waals surface area (Å²) in [5.41, 5.74) is -0.889. The number of nitriles is 1. The first kappa shape index (κ1) is 11.9. The summed E-state index contributed by atoms with van der Waals surface area (Å²) in [6.07, 6.45) is 1.08. The number of hydrogen-bond acceptors (Lipinski definition) is 3. The van der Waals surface area contributed by atoms with Crippen molar-refractivity contribution in [2.75, 3.05) is 6.61 Å². The van der Waals surface area contributed by atoms with Gasteiger partial charge < -0.3 is 9.84 Å². The first-order chi connectivity index (χ1) is 8.04. The first-order valence-corrected chi connectivity index (χ1v) is 5.89. The average Bonchev–Trinajstić information content (AvgIpc) is 2.37. The van der Waals surface area contributed by atoms with E-state index < -0.39 is 11.0 Å². The van der Waals surface area contributed by atoms with Gasteiger partial charge in [-0.1, -0.05) is 25.1 Å². The topological polar surface area (TPSA) is 53.2 Å². The van der Waals surface area contributed by atoms with E-state index in [1.165, 1.54) is 0 Å². The van der Waals surface area contributed by atoms with Crippen molar-refractivity contribution in [3.8, 4) is 11.8 Å². The number of rotatable bonds is 2. The third-order valence-corrected chi connectivity index (χ3v) is 3.87. The van der Waals surface area contributed by atoms with Gasteiger partial charge in [-0.15, -0.1) is 0 Å². The Balaban J connectivity index is 2.40. The molecule has 0 saturated heterocycles. The monoisotopic (exact) mass is 231 g/mol. The molecule has 1 aromatic carbocycles. The fourth-order valence-electron chi connectivity index (χ4n) is 2.24. The molecule has 3 nitrogen and oxygen atoms in total. The summed E-state index contributed by atoms with van der Waals surface area (Å²) in [6, 6.07) is 9.97. The fourth-order valence-corrected chi connectivity index (χ4v) is 2.24. The average molecular weight is 231 g/mol. The maximum absolute atomic E-state index is 10.4. The Morgan fingerprint density at radius 2 is 2.24 bits per heavy atom. The minimum atomic E-state index is -1.03. The van der Waals surface area contributed by atoms with E-state index in [-0.39, 0.29) is 6.61 Å². The Bertz CT molecular complexity index is 462. The van der Waals surface area contributed by atoms with Crippen LogP contribution >= 0.6 is 0 Å². The van der Waals surface area contributed by atoms with Gasteiger partial charge in [0.05, 0.1) is 11.7 Å². The quantitative estimate of drug-likeness (QED) is 0.849. The zero-order valence-corrected chi connectivity index (χ0v) is 10.2. The smallest absolute Gasteiger partial charge is 0.124 e. The normalized spacial score (nSPS) is 26.2. The van der Waals surface area contributed by atoms with Gasteiger partial charge in [-0.2, -0.15) is 5.26 Å². The number of benzene rings is 1. The predicted octanol–water partition coefficient (Wildman–Crippen LogP) is 2.29. The summed E-state index contributed by atoms with van der Waals surface area (Å²) in [6.45, 7) is 3.86. The molecule has 1 aliphatic rings. The van der Waals surface area contributed by atoms with Crippen LogP contribution in [0.1, 0.15) is 25.8 Å². The van der Waals surface area contributed by atoms with Crippen LogP contribution in [0.4, 0.5) is 0 Å². The molecule has 3 heteroatoms. The molecule has 17 heavy (non-hydrogen) atoms. The van der Waals surface area contributed by atoms with Crippen molar-refractivity contribution in [1.82, 2.24) is 0 Å². The zero-order chi connectivity index (χ0) is 12.5. The molecule has 1 N–H and O–H groups in total. The van der Waals surface area contributed by atoms with E-state index in [9.17, 15) is 10.4 Å². The molecule has 0 amide bonds. The van der Waals surface area contributed by atoms with Crippen LogP contribution in [0.15, 0.2) is 24.3 Å². The molecule has 1 aliphatic heterocycles. The molecule has 2 atom stereocenters. The van der Waals surface area contributed by atoms with Crippen molar-refractivity contribution in [1.29, 1.82) is 5.26 Å². The number of hydrogen-bond donors (Lipinski definition) is 1. The van der Waals surface area contributed by atoms with Crippen LogP contribution in [0.5, 0.6) is 5.75 Å². The lowest BCUT2D eigenvalue weighted by atomic mass is 9.68. The second kappa shape index (κ2) is 4.05. The van der Waals surface area contributed by atoms with Gasteiger partial charge in [0, 0.05) is 6.42 Å². The second-order valence-corrected chi connectivity index (χ2v) is 4.89. The Labute approximate surface area is 102 Å². The van der Waals surface area contributed by atoms with Crippen LogP contribution in [0.3, 0.4) is 0 Å². The third kappa shape index (κ3) is 1.79. The highest BCUT2D eigenvalue weighted by atomic mass is 16.5. The molecule has 0 aliphatic carbocycles. The second-order valence-electron chi connectivity index (χ2n) is 4.89. The molecule has 2 rings (SSSR count). The standard InChI is InChI=1S/C14H17NO2/c1-3-13(2,16)14(9-15)8-11-6-4-5-7-12(11)17-10-14/h4-7,16H,3,8,10H2,1-2H3. The zero-order valence-electron chi connectivity index (χ0n) is 10.2. The molecule has 0 saturated carbocycles. The molecule has 2 unspecified atom stereocenters. The van der Waals surface area contributed by atoms with E-state index in [1.807, 2.05) is 31.2 Å². The molecular weight excluding hydrogens is 214 g/mol. The Kier molecular flexibility index (Phi) is 2.84. The minimum absolute atomic E-state index is 0.251. The van der Waals surface area contributed by atoms with Crippen LogP contribution in [0, 0.1) is 16.7 Å². The lowest BCUT2D eigenvalue weighted by Crippen LogP contribution is -2.51. The summed E-state index contributed by atoms with van der Waals surface area (Å²) < 4.78 is 5.64. The van der Waals surface area contributed by atoms with Crippen molar-refractivity contribution < 1.29 is 9.84 Å². The van der Waals surface area contributed by atoms with E-state index in [2.05, 4.69) is 6.07 Å². The number of aliphatic hydroxyl groups is 1. The maximum Gasteiger partial charge on any atom is 0.124 e. The van der Waals surface area contributed by atoms with Crippen molar-refractivity contribution >= 4 is 0 Å². The summed E-state index contributed by atoms with van der Waals surface area (Å²) in [5.74, 6) is 0.824. The highest BCUT2D eigenvalue weighted by molar-refractivity contribution is 5.38. The predicted molar refractivity (Wildman–Crippen MR) is 64.6 cm³/mol. The van der Waals surface area contributed by atoms with Crippen LogP contribution in [0.2, 0.25) is 0 Å². The molecule has 0 fully saturated rings. The molecular formula is C14H17NO2. The largest absolute Gasteiger partial charge is 0.492 e. The van der Waals surface area contributed by atoms with Crippen LogP contribution < -0.4 is 4.74 Å². The fraction of sp³-hybridized carbons (Fsp3) is 0.500. The number of fused-ring (bicyclic) bond motifs is 1. The van der Waals surface area contributed by atoms with Gasteiger partial charge in [0.1, 0.15) is 17.8 Å². The minimum Gasteiger partial charge on any atom is -0.492 e. The van der Waals surface area contributed by atoms with Gasteiger partial charge >= 0.3 is 0 Å². The van der Waals surface area contributed by atoms with Crippen molar-refractivity contribution in [3.05, 3.63) is 29.8 Å². The number of para-hydroxylation sites is 1. The first-order valence-electron chi connectivity index (χ1n) is 5.89. The van der Waals surface area contributed by atoms with Crippen LogP contribution in [-0.4, -0.2) is 17.3 Å². The molecule has 0 bridgehead atoms. The SMILES string of the molecule is CCC(C)(O)C1(C#N)COc2ccccc2C1.